The summed E-state index contributed by atoms with van der Waals surface area (Å²) in [6, 6.07) is 46.5. The molecule has 9 aromatic rings. The minimum absolute atomic E-state index is 0.133. The lowest BCUT2D eigenvalue weighted by atomic mass is 9.82. The van der Waals surface area contributed by atoms with Crippen LogP contribution in [0.25, 0.3) is 83.6 Å². The maximum absolute atomic E-state index is 6.30. The summed E-state index contributed by atoms with van der Waals surface area (Å²) >= 11 is 0. The first-order chi connectivity index (χ1) is 23.0. The number of hydrogen-bond acceptors (Lipinski definition) is 4. The standard InChI is InChI=1S/C42H28N4O/c1-42(2)33-17-9-6-14-27(33)28-21-20-26(22-34(28)42)40-43-39(25-12-4-3-5-13-25)44-41(45-40)46-35-18-10-7-15-29(35)31-24-38-32(23-36(31)46)30-16-8-11-19-37(30)47-38/h3-24H,1-2H3. The summed E-state index contributed by atoms with van der Waals surface area (Å²) in [5, 5.41) is 4.36. The van der Waals surface area contributed by atoms with Crippen LogP contribution in [-0.2, 0) is 5.41 Å². The van der Waals surface area contributed by atoms with E-state index < -0.39 is 0 Å². The number of nitrogens with zero attached hydrogens (tertiary/aromatic N) is 4. The summed E-state index contributed by atoms with van der Waals surface area (Å²) in [6.45, 7) is 4.60. The Bertz CT molecular complexity index is 2720. The monoisotopic (exact) mass is 604 g/mol. The second-order valence-corrected chi connectivity index (χ2v) is 12.9. The van der Waals surface area contributed by atoms with Gasteiger partial charge in [-0.05, 0) is 52.6 Å². The van der Waals surface area contributed by atoms with E-state index in [1.54, 1.807) is 0 Å². The molecule has 5 heteroatoms. The Morgan fingerprint density at radius 1 is 0.489 bits per heavy atom. The zero-order chi connectivity index (χ0) is 31.3. The molecule has 0 N–H and O–H groups in total. The van der Waals surface area contributed by atoms with Gasteiger partial charge in [0.1, 0.15) is 11.2 Å². The Balaban J connectivity index is 1.25. The quantitative estimate of drug-likeness (QED) is 0.201. The van der Waals surface area contributed by atoms with E-state index in [2.05, 4.69) is 122 Å². The predicted octanol–water partition coefficient (Wildman–Crippen LogP) is 10.5. The molecule has 5 nitrogen and oxygen atoms in total. The highest BCUT2D eigenvalue weighted by Crippen LogP contribution is 2.49. The van der Waals surface area contributed by atoms with Gasteiger partial charge in [0.25, 0.3) is 0 Å². The van der Waals surface area contributed by atoms with Gasteiger partial charge in [-0.3, -0.25) is 4.57 Å². The van der Waals surface area contributed by atoms with Crippen LogP contribution in [0.2, 0.25) is 0 Å². The predicted molar refractivity (Wildman–Crippen MR) is 190 cm³/mol. The Hall–Kier alpha value is -6.07. The summed E-state index contributed by atoms with van der Waals surface area (Å²) in [5.41, 5.74) is 10.8. The molecular formula is C42H28N4O. The topological polar surface area (TPSA) is 56.7 Å². The molecule has 0 saturated carbocycles. The van der Waals surface area contributed by atoms with Crippen LogP contribution in [0.3, 0.4) is 0 Å². The zero-order valence-electron chi connectivity index (χ0n) is 25.9. The molecule has 3 aromatic heterocycles. The van der Waals surface area contributed by atoms with E-state index in [-0.39, 0.29) is 5.41 Å². The lowest BCUT2D eigenvalue weighted by Gasteiger charge is -2.21. The minimum Gasteiger partial charge on any atom is -0.456 e. The van der Waals surface area contributed by atoms with Crippen molar-refractivity contribution >= 4 is 43.7 Å². The molecular weight excluding hydrogens is 576 g/mol. The summed E-state index contributed by atoms with van der Waals surface area (Å²) in [6.07, 6.45) is 0. The van der Waals surface area contributed by atoms with E-state index in [1.807, 2.05) is 30.3 Å². The van der Waals surface area contributed by atoms with Crippen molar-refractivity contribution in [1.29, 1.82) is 0 Å². The molecule has 1 aliphatic rings. The van der Waals surface area contributed by atoms with Crippen molar-refractivity contribution in [3.63, 3.8) is 0 Å². The highest BCUT2D eigenvalue weighted by Gasteiger charge is 2.35. The summed E-state index contributed by atoms with van der Waals surface area (Å²) < 4.78 is 8.48. The van der Waals surface area contributed by atoms with Crippen LogP contribution < -0.4 is 0 Å². The Morgan fingerprint density at radius 3 is 2.06 bits per heavy atom. The van der Waals surface area contributed by atoms with Crippen molar-refractivity contribution in [3.05, 3.63) is 145 Å². The SMILES string of the molecule is CC1(C)c2ccccc2-c2ccc(-c3nc(-c4ccccc4)nc(-n4c5ccccc5c5cc6oc7ccccc7c6cc54)n3)cc21. The first kappa shape index (κ1) is 26.2. The van der Waals surface area contributed by atoms with Crippen molar-refractivity contribution in [3.8, 4) is 39.9 Å². The van der Waals surface area contributed by atoms with Gasteiger partial charge in [-0.1, -0.05) is 117 Å². The Labute approximate surface area is 270 Å². The molecule has 0 aliphatic heterocycles. The van der Waals surface area contributed by atoms with Crippen molar-refractivity contribution in [2.75, 3.05) is 0 Å². The maximum Gasteiger partial charge on any atom is 0.238 e. The molecule has 222 valence electrons. The number of benzene rings is 6. The maximum atomic E-state index is 6.30. The molecule has 0 radical (unpaired) electrons. The van der Waals surface area contributed by atoms with Crippen molar-refractivity contribution < 1.29 is 4.42 Å². The van der Waals surface area contributed by atoms with Crippen molar-refractivity contribution in [2.45, 2.75) is 19.3 Å². The number of rotatable bonds is 3. The van der Waals surface area contributed by atoms with Gasteiger partial charge < -0.3 is 4.42 Å². The fourth-order valence-corrected chi connectivity index (χ4v) is 7.56. The molecule has 0 bridgehead atoms. The number of hydrogen-bond donors (Lipinski definition) is 0. The van der Waals surface area contributed by atoms with Gasteiger partial charge in [0, 0.05) is 38.1 Å². The lowest BCUT2D eigenvalue weighted by Crippen LogP contribution is -2.15. The van der Waals surface area contributed by atoms with Crippen LogP contribution in [0.5, 0.6) is 0 Å². The number of aromatic nitrogens is 4. The van der Waals surface area contributed by atoms with Crippen LogP contribution in [0.15, 0.2) is 138 Å². The van der Waals surface area contributed by atoms with Gasteiger partial charge in [0.15, 0.2) is 11.6 Å². The fraction of sp³-hybridized carbons (Fsp3) is 0.0714. The number of fused-ring (bicyclic) bond motifs is 9. The minimum atomic E-state index is -0.133. The van der Waals surface area contributed by atoms with Gasteiger partial charge in [-0.15, -0.1) is 0 Å². The zero-order valence-corrected chi connectivity index (χ0v) is 25.9. The molecule has 0 unspecified atom stereocenters. The van der Waals surface area contributed by atoms with Crippen LogP contribution in [0.1, 0.15) is 25.0 Å². The van der Waals surface area contributed by atoms with Gasteiger partial charge in [-0.2, -0.15) is 9.97 Å². The van der Waals surface area contributed by atoms with E-state index in [1.165, 1.54) is 22.3 Å². The molecule has 6 aromatic carbocycles. The van der Waals surface area contributed by atoms with Crippen LogP contribution in [0.4, 0.5) is 0 Å². The Kier molecular flexibility index (Phi) is 5.28. The molecule has 10 rings (SSSR count). The van der Waals surface area contributed by atoms with Crippen LogP contribution in [-0.4, -0.2) is 19.5 Å². The molecule has 3 heterocycles. The van der Waals surface area contributed by atoms with Crippen LogP contribution >= 0.6 is 0 Å². The number of para-hydroxylation sites is 2. The highest BCUT2D eigenvalue weighted by atomic mass is 16.3. The lowest BCUT2D eigenvalue weighted by molar-refractivity contribution is 0.660. The van der Waals surface area contributed by atoms with E-state index in [0.717, 1.165) is 54.9 Å². The third kappa shape index (κ3) is 3.74. The van der Waals surface area contributed by atoms with Crippen LogP contribution in [0, 0.1) is 0 Å². The van der Waals surface area contributed by atoms with Crippen molar-refractivity contribution in [2.24, 2.45) is 0 Å². The highest BCUT2D eigenvalue weighted by molar-refractivity contribution is 6.17. The first-order valence-corrected chi connectivity index (χ1v) is 16.0. The van der Waals surface area contributed by atoms with E-state index in [4.69, 9.17) is 19.4 Å². The second-order valence-electron chi connectivity index (χ2n) is 12.9. The first-order valence-electron chi connectivity index (χ1n) is 16.0. The van der Waals surface area contributed by atoms with Crippen molar-refractivity contribution in [1.82, 2.24) is 19.5 Å². The number of furan rings is 1. The smallest absolute Gasteiger partial charge is 0.238 e. The van der Waals surface area contributed by atoms with Gasteiger partial charge in [0.2, 0.25) is 5.95 Å². The molecule has 0 fully saturated rings. The average Bonchev–Trinajstić information content (AvgIpc) is 3.72. The second kappa shape index (κ2) is 9.47. The molecule has 0 atom stereocenters. The third-order valence-electron chi connectivity index (χ3n) is 9.87. The molecule has 0 saturated heterocycles. The summed E-state index contributed by atoms with van der Waals surface area (Å²) in [4.78, 5) is 15.5. The van der Waals surface area contributed by atoms with E-state index >= 15 is 0 Å². The molecule has 0 amide bonds. The average molecular weight is 605 g/mol. The largest absolute Gasteiger partial charge is 0.456 e. The normalized spacial score (nSPS) is 13.5. The fourth-order valence-electron chi connectivity index (χ4n) is 7.56. The summed E-state index contributed by atoms with van der Waals surface area (Å²) in [7, 11) is 0. The van der Waals surface area contributed by atoms with Gasteiger partial charge >= 0.3 is 0 Å². The van der Waals surface area contributed by atoms with Gasteiger partial charge in [-0.25, -0.2) is 4.98 Å². The van der Waals surface area contributed by atoms with E-state index in [0.29, 0.717) is 17.6 Å². The molecule has 0 spiro atoms. The molecule has 1 aliphatic carbocycles. The summed E-state index contributed by atoms with van der Waals surface area (Å²) in [5.74, 6) is 1.86. The third-order valence-corrected chi connectivity index (χ3v) is 9.87. The molecule has 47 heavy (non-hydrogen) atoms. The van der Waals surface area contributed by atoms with E-state index in [9.17, 15) is 0 Å². The Morgan fingerprint density at radius 2 is 1.19 bits per heavy atom. The van der Waals surface area contributed by atoms with Gasteiger partial charge in [0.05, 0.1) is 11.0 Å².